The predicted octanol–water partition coefficient (Wildman–Crippen LogP) is 3.76. The quantitative estimate of drug-likeness (QED) is 0.739. The molecular formula is C18H34N2O2. The molecule has 1 amide bonds. The normalized spacial score (nSPS) is 23.1. The summed E-state index contributed by atoms with van der Waals surface area (Å²) >= 11 is 0. The zero-order chi connectivity index (χ0) is 16.6. The van der Waals surface area contributed by atoms with Crippen molar-refractivity contribution in [3.05, 3.63) is 0 Å². The van der Waals surface area contributed by atoms with Gasteiger partial charge in [0.15, 0.2) is 0 Å². The van der Waals surface area contributed by atoms with Crippen LogP contribution in [0.5, 0.6) is 0 Å². The van der Waals surface area contributed by atoms with Crippen molar-refractivity contribution in [2.24, 2.45) is 10.8 Å². The molecule has 1 spiro atoms. The monoisotopic (exact) mass is 310 g/mol. The van der Waals surface area contributed by atoms with E-state index in [0.29, 0.717) is 10.8 Å². The topological polar surface area (TPSA) is 32.8 Å². The van der Waals surface area contributed by atoms with E-state index in [1.807, 2.05) is 25.7 Å². The molecule has 2 fully saturated rings. The van der Waals surface area contributed by atoms with E-state index < -0.39 is 5.60 Å². The largest absolute Gasteiger partial charge is 0.444 e. The summed E-state index contributed by atoms with van der Waals surface area (Å²) < 4.78 is 5.52. The minimum absolute atomic E-state index is 0.138. The Kier molecular flexibility index (Phi) is 4.82. The number of hydrogen-bond acceptors (Lipinski definition) is 3. The van der Waals surface area contributed by atoms with Crippen LogP contribution in [-0.2, 0) is 4.74 Å². The van der Waals surface area contributed by atoms with E-state index in [-0.39, 0.29) is 6.09 Å². The summed E-state index contributed by atoms with van der Waals surface area (Å²) in [6.07, 6.45) is 3.42. The minimum Gasteiger partial charge on any atom is -0.444 e. The van der Waals surface area contributed by atoms with E-state index in [1.54, 1.807) is 0 Å². The summed E-state index contributed by atoms with van der Waals surface area (Å²) in [5, 5.41) is 0. The Morgan fingerprint density at radius 1 is 1.00 bits per heavy atom. The van der Waals surface area contributed by atoms with E-state index in [0.717, 1.165) is 19.5 Å². The fraction of sp³-hybridized carbons (Fsp3) is 0.944. The Hall–Kier alpha value is -0.770. The molecule has 0 aromatic rings. The van der Waals surface area contributed by atoms with Gasteiger partial charge in [-0.05, 0) is 64.0 Å². The molecule has 4 heteroatoms. The van der Waals surface area contributed by atoms with Gasteiger partial charge in [-0.15, -0.1) is 0 Å². The highest BCUT2D eigenvalue weighted by Crippen LogP contribution is 2.41. The second-order valence-electron chi connectivity index (χ2n) is 9.49. The Morgan fingerprint density at radius 3 is 2.05 bits per heavy atom. The first-order chi connectivity index (χ1) is 9.98. The van der Waals surface area contributed by atoms with Crippen molar-refractivity contribution < 1.29 is 9.53 Å². The van der Waals surface area contributed by atoms with Crippen molar-refractivity contribution in [3.63, 3.8) is 0 Å². The first kappa shape index (κ1) is 17.6. The van der Waals surface area contributed by atoms with Crippen LogP contribution in [0.15, 0.2) is 0 Å². The van der Waals surface area contributed by atoms with E-state index in [4.69, 9.17) is 4.74 Å². The Bertz CT molecular complexity index is 398. The molecule has 0 saturated carbocycles. The molecule has 4 nitrogen and oxygen atoms in total. The average Bonchev–Trinajstić information content (AvgIpc) is 2.73. The molecule has 2 heterocycles. The van der Waals surface area contributed by atoms with Crippen LogP contribution in [0.1, 0.15) is 60.8 Å². The fourth-order valence-electron chi connectivity index (χ4n) is 3.68. The lowest BCUT2D eigenvalue weighted by Crippen LogP contribution is -2.45. The van der Waals surface area contributed by atoms with E-state index in [9.17, 15) is 4.79 Å². The molecule has 0 aliphatic carbocycles. The summed E-state index contributed by atoms with van der Waals surface area (Å²) in [5.74, 6) is 0. The molecule has 0 atom stereocenters. The Labute approximate surface area is 136 Å². The average molecular weight is 310 g/mol. The van der Waals surface area contributed by atoms with Crippen LogP contribution in [0.25, 0.3) is 0 Å². The highest BCUT2D eigenvalue weighted by Gasteiger charge is 2.43. The predicted molar refractivity (Wildman–Crippen MR) is 90.0 cm³/mol. The fourth-order valence-corrected chi connectivity index (χ4v) is 3.68. The number of piperidine rings is 1. The molecule has 128 valence electrons. The Balaban J connectivity index is 1.85. The van der Waals surface area contributed by atoms with Gasteiger partial charge < -0.3 is 14.5 Å². The Morgan fingerprint density at radius 2 is 1.55 bits per heavy atom. The van der Waals surface area contributed by atoms with Crippen LogP contribution in [-0.4, -0.2) is 54.2 Å². The van der Waals surface area contributed by atoms with Crippen molar-refractivity contribution >= 4 is 6.09 Å². The van der Waals surface area contributed by atoms with E-state index in [1.165, 1.54) is 32.5 Å². The standard InChI is InChI=1S/C18H34N2O2/c1-16(2,3)13-19-10-7-18(8-11-19)9-12-20(14-18)15(21)22-17(4,5)6/h7-14H2,1-6H3. The molecule has 22 heavy (non-hydrogen) atoms. The van der Waals surface area contributed by atoms with Crippen LogP contribution < -0.4 is 0 Å². The van der Waals surface area contributed by atoms with Crippen LogP contribution in [0.2, 0.25) is 0 Å². The van der Waals surface area contributed by atoms with Gasteiger partial charge in [0, 0.05) is 19.6 Å². The van der Waals surface area contributed by atoms with Gasteiger partial charge >= 0.3 is 6.09 Å². The lowest BCUT2D eigenvalue weighted by atomic mass is 9.77. The summed E-state index contributed by atoms with van der Waals surface area (Å²) in [4.78, 5) is 16.7. The molecule has 0 aromatic heterocycles. The van der Waals surface area contributed by atoms with Crippen molar-refractivity contribution in [1.29, 1.82) is 0 Å². The van der Waals surface area contributed by atoms with Gasteiger partial charge in [-0.3, -0.25) is 0 Å². The van der Waals surface area contributed by atoms with Crippen LogP contribution >= 0.6 is 0 Å². The lowest BCUT2D eigenvalue weighted by Gasteiger charge is -2.41. The first-order valence-corrected chi connectivity index (χ1v) is 8.68. The molecule has 2 rings (SSSR count). The second kappa shape index (κ2) is 6.03. The molecule has 0 unspecified atom stereocenters. The third kappa shape index (κ3) is 4.87. The number of carbonyl (C=O) groups is 1. The van der Waals surface area contributed by atoms with E-state index >= 15 is 0 Å². The molecule has 2 aliphatic rings. The van der Waals surface area contributed by atoms with Gasteiger partial charge in [0.25, 0.3) is 0 Å². The maximum atomic E-state index is 12.2. The van der Waals surface area contributed by atoms with Gasteiger partial charge in [0.1, 0.15) is 5.60 Å². The molecule has 0 aromatic carbocycles. The summed E-state index contributed by atoms with van der Waals surface area (Å²) in [5.41, 5.74) is 0.303. The van der Waals surface area contributed by atoms with Crippen molar-refractivity contribution in [2.45, 2.75) is 66.4 Å². The number of rotatable bonds is 1. The highest BCUT2D eigenvalue weighted by molar-refractivity contribution is 5.68. The van der Waals surface area contributed by atoms with Crippen LogP contribution in [0.3, 0.4) is 0 Å². The molecule has 2 aliphatic heterocycles. The number of likely N-dealkylation sites (tertiary alicyclic amines) is 2. The SMILES string of the molecule is CC(C)(C)CN1CCC2(CC1)CCN(C(=O)OC(C)(C)C)C2. The molecule has 2 saturated heterocycles. The zero-order valence-corrected chi connectivity index (χ0v) is 15.4. The molecule has 0 bridgehead atoms. The summed E-state index contributed by atoms with van der Waals surface area (Å²) in [6.45, 7) is 17.9. The third-order valence-electron chi connectivity index (χ3n) is 4.70. The number of carbonyl (C=O) groups excluding carboxylic acids is 1. The highest BCUT2D eigenvalue weighted by atomic mass is 16.6. The van der Waals surface area contributed by atoms with Gasteiger partial charge in [0.2, 0.25) is 0 Å². The lowest BCUT2D eigenvalue weighted by molar-refractivity contribution is 0.0240. The van der Waals surface area contributed by atoms with Crippen LogP contribution in [0.4, 0.5) is 4.79 Å². The van der Waals surface area contributed by atoms with Gasteiger partial charge in [-0.1, -0.05) is 20.8 Å². The van der Waals surface area contributed by atoms with Gasteiger partial charge in [-0.25, -0.2) is 4.79 Å². The smallest absolute Gasteiger partial charge is 0.410 e. The third-order valence-corrected chi connectivity index (χ3v) is 4.70. The number of ether oxygens (including phenoxy) is 1. The molecular weight excluding hydrogens is 276 g/mol. The zero-order valence-electron chi connectivity index (χ0n) is 15.4. The second-order valence-corrected chi connectivity index (χ2v) is 9.49. The maximum absolute atomic E-state index is 12.2. The number of amides is 1. The first-order valence-electron chi connectivity index (χ1n) is 8.68. The van der Waals surface area contributed by atoms with Crippen molar-refractivity contribution in [2.75, 3.05) is 32.7 Å². The van der Waals surface area contributed by atoms with Gasteiger partial charge in [-0.2, -0.15) is 0 Å². The minimum atomic E-state index is -0.400. The molecule has 0 N–H and O–H groups in total. The summed E-state index contributed by atoms with van der Waals surface area (Å²) in [7, 11) is 0. The number of hydrogen-bond donors (Lipinski definition) is 0. The van der Waals surface area contributed by atoms with Crippen molar-refractivity contribution in [3.8, 4) is 0 Å². The summed E-state index contributed by atoms with van der Waals surface area (Å²) in [6, 6.07) is 0. The molecule has 0 radical (unpaired) electrons. The number of nitrogens with zero attached hydrogens (tertiary/aromatic N) is 2. The van der Waals surface area contributed by atoms with E-state index in [2.05, 4.69) is 25.7 Å². The van der Waals surface area contributed by atoms with Gasteiger partial charge in [0.05, 0.1) is 0 Å². The maximum Gasteiger partial charge on any atom is 0.410 e. The van der Waals surface area contributed by atoms with Crippen molar-refractivity contribution in [1.82, 2.24) is 9.80 Å². The van der Waals surface area contributed by atoms with Crippen LogP contribution in [0, 0.1) is 10.8 Å².